The maximum Gasteiger partial charge on any atom is 0.316 e. The van der Waals surface area contributed by atoms with Gasteiger partial charge >= 0.3 is 5.97 Å². The molecule has 1 heterocycles. The molecule has 1 N–H and O–H groups in total. The Labute approximate surface area is 103 Å². The summed E-state index contributed by atoms with van der Waals surface area (Å²) in [5, 5.41) is 10.6. The summed E-state index contributed by atoms with van der Waals surface area (Å²) in [4.78, 5) is 11.4. The first-order chi connectivity index (χ1) is 8.34. The van der Waals surface area contributed by atoms with Crippen LogP contribution in [0.5, 0.6) is 0 Å². The lowest BCUT2D eigenvalue weighted by Crippen LogP contribution is -2.07. The number of aromatic nitrogens is 3. The molecule has 0 saturated heterocycles. The van der Waals surface area contributed by atoms with E-state index >= 15 is 0 Å². The minimum absolute atomic E-state index is 0.235. The molecule has 1 aromatic heterocycles. The van der Waals surface area contributed by atoms with Crippen LogP contribution in [-0.4, -0.2) is 27.1 Å². The Morgan fingerprint density at radius 3 is 2.88 bits per heavy atom. The number of carbonyl (C=O) groups is 1. The number of nitrogens with one attached hydrogen (secondary N) is 1. The van der Waals surface area contributed by atoms with Gasteiger partial charge in [0.15, 0.2) is 0 Å². The molecular weight excluding hydrogens is 238 g/mol. The monoisotopic (exact) mass is 249 g/mol. The lowest BCUT2D eigenvalue weighted by Gasteiger charge is -2.03. The van der Waals surface area contributed by atoms with Crippen molar-refractivity contribution in [2.45, 2.75) is 11.6 Å². The summed E-state index contributed by atoms with van der Waals surface area (Å²) in [5.74, 6) is -0.0267. The summed E-state index contributed by atoms with van der Waals surface area (Å²) in [6, 6.07) is 9.57. The van der Waals surface area contributed by atoms with Gasteiger partial charge in [-0.25, -0.2) is 0 Å². The molecule has 0 bridgehead atoms. The molecule has 17 heavy (non-hydrogen) atoms. The zero-order chi connectivity index (χ0) is 11.9. The van der Waals surface area contributed by atoms with E-state index in [4.69, 9.17) is 4.74 Å². The number of aromatic amines is 1. The van der Waals surface area contributed by atoms with Crippen LogP contribution in [0.15, 0.2) is 41.6 Å². The third kappa shape index (κ3) is 3.92. The van der Waals surface area contributed by atoms with E-state index in [1.165, 1.54) is 11.8 Å². The molecule has 88 valence electrons. The second-order valence-corrected chi connectivity index (χ2v) is 4.24. The van der Waals surface area contributed by atoms with Crippen molar-refractivity contribution in [3.63, 3.8) is 0 Å². The van der Waals surface area contributed by atoms with Gasteiger partial charge in [0, 0.05) is 0 Å². The maximum atomic E-state index is 11.4. The number of H-pyrrole nitrogens is 1. The van der Waals surface area contributed by atoms with Gasteiger partial charge in [-0.15, -0.1) is 5.10 Å². The molecule has 6 heteroatoms. The number of carbonyl (C=O) groups excluding carboxylic acids is 1. The van der Waals surface area contributed by atoms with Gasteiger partial charge in [-0.1, -0.05) is 42.1 Å². The third-order valence-electron chi connectivity index (χ3n) is 1.97. The van der Waals surface area contributed by atoms with Gasteiger partial charge in [-0.2, -0.15) is 10.3 Å². The number of thioether (sulfide) groups is 1. The molecule has 0 saturated carbocycles. The Bertz CT molecular complexity index is 459. The van der Waals surface area contributed by atoms with Crippen LogP contribution in [0.4, 0.5) is 0 Å². The van der Waals surface area contributed by atoms with E-state index in [9.17, 15) is 4.79 Å². The Morgan fingerprint density at radius 2 is 2.18 bits per heavy atom. The summed E-state index contributed by atoms with van der Waals surface area (Å²) >= 11 is 1.29. The SMILES string of the molecule is O=C(CSc1cn[nH]n1)OCc1ccccc1. The molecule has 0 spiro atoms. The van der Waals surface area contributed by atoms with Crippen LogP contribution in [-0.2, 0) is 16.1 Å². The first kappa shape index (κ1) is 11.7. The second-order valence-electron chi connectivity index (χ2n) is 3.24. The molecule has 0 aliphatic rings. The lowest BCUT2D eigenvalue weighted by molar-refractivity contribution is -0.141. The molecule has 0 aliphatic carbocycles. The average molecular weight is 249 g/mol. The van der Waals surface area contributed by atoms with Crippen molar-refractivity contribution in [1.82, 2.24) is 15.4 Å². The van der Waals surface area contributed by atoms with Crippen LogP contribution in [0.2, 0.25) is 0 Å². The second kappa shape index (κ2) is 6.05. The van der Waals surface area contributed by atoms with Gasteiger partial charge in [-0.05, 0) is 5.56 Å². The number of esters is 1. The van der Waals surface area contributed by atoms with Gasteiger partial charge in [0.25, 0.3) is 0 Å². The highest BCUT2D eigenvalue weighted by molar-refractivity contribution is 7.99. The first-order valence-electron chi connectivity index (χ1n) is 5.03. The van der Waals surface area contributed by atoms with Crippen LogP contribution in [0.1, 0.15) is 5.56 Å². The fraction of sp³-hybridized carbons (Fsp3) is 0.182. The van der Waals surface area contributed by atoms with Gasteiger partial charge in [0.2, 0.25) is 0 Å². The molecule has 0 fully saturated rings. The van der Waals surface area contributed by atoms with Gasteiger partial charge in [-0.3, -0.25) is 4.79 Å². The van der Waals surface area contributed by atoms with Crippen molar-refractivity contribution in [2.75, 3.05) is 5.75 Å². The Balaban J connectivity index is 1.71. The Morgan fingerprint density at radius 1 is 1.35 bits per heavy atom. The minimum atomic E-state index is -0.262. The third-order valence-corrected chi connectivity index (χ3v) is 2.85. The molecular formula is C11H11N3O2S. The van der Waals surface area contributed by atoms with Crippen LogP contribution in [0, 0.1) is 0 Å². The van der Waals surface area contributed by atoms with E-state index in [-0.39, 0.29) is 11.7 Å². The molecule has 0 aliphatic heterocycles. The van der Waals surface area contributed by atoms with Crippen LogP contribution in [0.3, 0.4) is 0 Å². The zero-order valence-electron chi connectivity index (χ0n) is 9.00. The number of ether oxygens (including phenoxy) is 1. The van der Waals surface area contributed by atoms with Gasteiger partial charge in [0.1, 0.15) is 11.6 Å². The fourth-order valence-electron chi connectivity index (χ4n) is 1.17. The number of hydrogen-bond donors (Lipinski definition) is 1. The smallest absolute Gasteiger partial charge is 0.316 e. The van der Waals surface area contributed by atoms with Crippen molar-refractivity contribution < 1.29 is 9.53 Å². The van der Waals surface area contributed by atoms with E-state index < -0.39 is 0 Å². The van der Waals surface area contributed by atoms with Crippen LogP contribution < -0.4 is 0 Å². The molecule has 0 atom stereocenters. The number of hydrogen-bond acceptors (Lipinski definition) is 5. The van der Waals surface area contributed by atoms with E-state index in [2.05, 4.69) is 15.4 Å². The normalized spacial score (nSPS) is 10.1. The molecule has 5 nitrogen and oxygen atoms in total. The zero-order valence-corrected chi connectivity index (χ0v) is 9.81. The lowest BCUT2D eigenvalue weighted by atomic mass is 10.2. The summed E-state index contributed by atoms with van der Waals surface area (Å²) in [5.41, 5.74) is 0.979. The maximum absolute atomic E-state index is 11.4. The quantitative estimate of drug-likeness (QED) is 0.644. The summed E-state index contributed by atoms with van der Waals surface area (Å²) in [6.07, 6.45) is 1.56. The molecule has 0 amide bonds. The van der Waals surface area contributed by atoms with Crippen molar-refractivity contribution >= 4 is 17.7 Å². The van der Waals surface area contributed by atoms with Gasteiger partial charge < -0.3 is 4.74 Å². The van der Waals surface area contributed by atoms with Crippen molar-refractivity contribution in [1.29, 1.82) is 0 Å². The predicted molar refractivity (Wildman–Crippen MR) is 63.3 cm³/mol. The average Bonchev–Trinajstić information content (AvgIpc) is 2.88. The highest BCUT2D eigenvalue weighted by atomic mass is 32.2. The number of benzene rings is 1. The topological polar surface area (TPSA) is 67.9 Å². The molecule has 2 rings (SSSR count). The highest BCUT2D eigenvalue weighted by Gasteiger charge is 2.05. The first-order valence-corrected chi connectivity index (χ1v) is 6.01. The van der Waals surface area contributed by atoms with E-state index in [1.54, 1.807) is 6.20 Å². The van der Waals surface area contributed by atoms with Gasteiger partial charge in [0.05, 0.1) is 11.9 Å². The Kier molecular flexibility index (Phi) is 4.15. The minimum Gasteiger partial charge on any atom is -0.460 e. The van der Waals surface area contributed by atoms with E-state index in [0.717, 1.165) is 5.56 Å². The van der Waals surface area contributed by atoms with Crippen molar-refractivity contribution in [3.8, 4) is 0 Å². The molecule has 0 unspecified atom stereocenters. The predicted octanol–water partition coefficient (Wildman–Crippen LogP) is 1.64. The fourth-order valence-corrected chi connectivity index (χ4v) is 1.75. The molecule has 2 aromatic rings. The summed E-state index contributed by atoms with van der Waals surface area (Å²) < 4.78 is 5.11. The van der Waals surface area contributed by atoms with Crippen LogP contribution >= 0.6 is 11.8 Å². The number of nitrogens with zero attached hydrogens (tertiary/aromatic N) is 2. The summed E-state index contributed by atoms with van der Waals surface area (Å²) in [6.45, 7) is 0.305. The number of rotatable bonds is 5. The molecule has 1 aromatic carbocycles. The van der Waals surface area contributed by atoms with Crippen molar-refractivity contribution in [3.05, 3.63) is 42.1 Å². The van der Waals surface area contributed by atoms with E-state index in [1.807, 2.05) is 30.3 Å². The van der Waals surface area contributed by atoms with Crippen LogP contribution in [0.25, 0.3) is 0 Å². The standard InChI is InChI=1S/C11H11N3O2S/c15-11(8-17-10-6-12-14-13-10)16-7-9-4-2-1-3-5-9/h1-6H,7-8H2,(H,12,13,14). The Hall–Kier alpha value is -1.82. The summed E-state index contributed by atoms with van der Waals surface area (Å²) in [7, 11) is 0. The molecule has 0 radical (unpaired) electrons. The largest absolute Gasteiger partial charge is 0.460 e. The van der Waals surface area contributed by atoms with E-state index in [0.29, 0.717) is 11.6 Å². The van der Waals surface area contributed by atoms with Crippen molar-refractivity contribution in [2.24, 2.45) is 0 Å². The highest BCUT2D eigenvalue weighted by Crippen LogP contribution is 2.12.